The molecule has 0 saturated heterocycles. The van der Waals surface area contributed by atoms with Crippen LogP contribution < -0.4 is 10.0 Å². The summed E-state index contributed by atoms with van der Waals surface area (Å²) in [7, 11) is -3.91. The van der Waals surface area contributed by atoms with Gasteiger partial charge in [-0.3, -0.25) is 4.79 Å². The average Bonchev–Trinajstić information content (AvgIpc) is 3.31. The van der Waals surface area contributed by atoms with Crippen LogP contribution in [0.2, 0.25) is 0 Å². The highest BCUT2D eigenvalue weighted by atomic mass is 32.2. The number of hydrogen-bond acceptors (Lipinski definition) is 7. The maximum absolute atomic E-state index is 13.1. The van der Waals surface area contributed by atoms with Crippen LogP contribution in [0.3, 0.4) is 0 Å². The van der Waals surface area contributed by atoms with Crippen molar-refractivity contribution in [2.24, 2.45) is 0 Å². The molecule has 0 aromatic carbocycles. The first kappa shape index (κ1) is 26.8. The Hall–Kier alpha value is -2.82. The van der Waals surface area contributed by atoms with Crippen LogP contribution >= 0.6 is 11.3 Å². The smallest absolute Gasteiger partial charge is 0.322 e. The highest BCUT2D eigenvalue weighted by Crippen LogP contribution is 2.35. The summed E-state index contributed by atoms with van der Waals surface area (Å²) >= 11 is 1.68. The molecule has 3 rings (SSSR count). The molecule has 188 valence electrons. The van der Waals surface area contributed by atoms with Crippen molar-refractivity contribution in [1.29, 1.82) is 0 Å². The number of nitrogens with zero attached hydrogens (tertiary/aromatic N) is 2. The second kappa shape index (κ2) is 11.7. The number of unbranched alkanes of at least 4 members (excludes halogenated alkanes) is 1. The molecule has 3 N–H and O–H groups in total. The number of sulfonamides is 1. The van der Waals surface area contributed by atoms with Crippen LogP contribution in [0.15, 0.2) is 59.8 Å². The minimum absolute atomic E-state index is 0.0425. The minimum Gasteiger partial charge on any atom is -0.480 e. The summed E-state index contributed by atoms with van der Waals surface area (Å²) in [6, 6.07) is 13.3. The maximum Gasteiger partial charge on any atom is 0.322 e. The average molecular weight is 517 g/mol. The third kappa shape index (κ3) is 7.58. The Balaban J connectivity index is 1.91. The summed E-state index contributed by atoms with van der Waals surface area (Å²) in [5.74, 6) is -0.652. The Morgan fingerprint density at radius 2 is 1.94 bits per heavy atom. The van der Waals surface area contributed by atoms with Crippen molar-refractivity contribution in [3.8, 4) is 0 Å². The first-order chi connectivity index (χ1) is 16.6. The van der Waals surface area contributed by atoms with Gasteiger partial charge in [-0.1, -0.05) is 45.7 Å². The molecule has 0 aliphatic heterocycles. The van der Waals surface area contributed by atoms with Crippen molar-refractivity contribution in [2.45, 2.75) is 62.9 Å². The Morgan fingerprint density at radius 3 is 2.63 bits per heavy atom. The third-order valence-corrected chi connectivity index (χ3v) is 8.51. The van der Waals surface area contributed by atoms with E-state index >= 15 is 0 Å². The number of carboxylic acids is 1. The zero-order valence-corrected chi connectivity index (χ0v) is 21.8. The van der Waals surface area contributed by atoms with Gasteiger partial charge in [0, 0.05) is 22.4 Å². The van der Waals surface area contributed by atoms with Gasteiger partial charge in [0.25, 0.3) is 10.0 Å². The second-order valence-electron chi connectivity index (χ2n) is 8.99. The van der Waals surface area contributed by atoms with Gasteiger partial charge in [-0.2, -0.15) is 0 Å². The number of carbonyl (C=O) groups is 1. The van der Waals surface area contributed by atoms with Crippen LogP contribution in [0, 0.1) is 0 Å². The molecule has 0 fully saturated rings. The fraction of sp³-hybridized carbons (Fsp3) is 0.400. The molecule has 8 nitrogen and oxygen atoms in total. The van der Waals surface area contributed by atoms with Crippen LogP contribution in [0.4, 0.5) is 5.82 Å². The Morgan fingerprint density at radius 1 is 1.14 bits per heavy atom. The highest BCUT2D eigenvalue weighted by Gasteiger charge is 2.26. The zero-order valence-electron chi connectivity index (χ0n) is 20.2. The molecule has 0 saturated carbocycles. The lowest BCUT2D eigenvalue weighted by molar-refractivity contribution is -0.134. The van der Waals surface area contributed by atoms with Gasteiger partial charge >= 0.3 is 5.97 Å². The zero-order chi connectivity index (χ0) is 25.5. The number of anilines is 1. The third-order valence-electron chi connectivity index (χ3n) is 5.65. The number of thiophene rings is 1. The first-order valence-electron chi connectivity index (χ1n) is 11.6. The van der Waals surface area contributed by atoms with Gasteiger partial charge in [0.05, 0.1) is 11.7 Å². The van der Waals surface area contributed by atoms with Gasteiger partial charge in [-0.05, 0) is 48.2 Å². The lowest BCUT2D eigenvalue weighted by Crippen LogP contribution is -2.31. The molecular weight excluding hydrogens is 484 g/mol. The molecule has 0 aliphatic carbocycles. The quantitative estimate of drug-likeness (QED) is 0.299. The lowest BCUT2D eigenvalue weighted by Gasteiger charge is -2.23. The number of nitrogens with one attached hydrogen (secondary N) is 2. The first-order valence-corrected chi connectivity index (χ1v) is 13.9. The Labute approximate surface area is 210 Å². The van der Waals surface area contributed by atoms with Crippen LogP contribution in [0.1, 0.15) is 61.5 Å². The van der Waals surface area contributed by atoms with E-state index in [-0.39, 0.29) is 17.0 Å². The van der Waals surface area contributed by atoms with E-state index < -0.39 is 22.0 Å². The molecule has 3 aromatic heterocycles. The van der Waals surface area contributed by atoms with Crippen molar-refractivity contribution in [3.63, 3.8) is 0 Å². The van der Waals surface area contributed by atoms with Crippen molar-refractivity contribution < 1.29 is 18.3 Å². The number of carboxylic acid groups (broad SMARTS) is 1. The molecule has 3 aromatic rings. The molecular formula is C25H32N4O4S2. The summed E-state index contributed by atoms with van der Waals surface area (Å²) < 4.78 is 29.0. The molecule has 0 spiro atoms. The normalized spacial score (nSPS) is 12.9. The number of aliphatic carboxylic acids is 1. The highest BCUT2D eigenvalue weighted by molar-refractivity contribution is 7.89. The summed E-state index contributed by atoms with van der Waals surface area (Å²) in [5, 5.41) is 11.6. The van der Waals surface area contributed by atoms with Gasteiger partial charge in [0.2, 0.25) is 0 Å². The predicted octanol–water partition coefficient (Wildman–Crippen LogP) is 4.76. The molecule has 0 aliphatic rings. The molecule has 3 heterocycles. The molecule has 1 unspecified atom stereocenters. The summed E-state index contributed by atoms with van der Waals surface area (Å²) in [6.45, 7) is 6.36. The van der Waals surface area contributed by atoms with Gasteiger partial charge in [0.1, 0.15) is 12.4 Å². The SMILES string of the molecule is CCCCC(C)(C)c1ccc(CC(NS(=O)(=O)c2ccccn2)c2cccc(NCC(=O)O)n2)s1. The molecule has 1 atom stereocenters. The van der Waals surface area contributed by atoms with Crippen LogP contribution in [0.25, 0.3) is 0 Å². The maximum atomic E-state index is 13.1. The van der Waals surface area contributed by atoms with Crippen molar-refractivity contribution in [1.82, 2.24) is 14.7 Å². The van der Waals surface area contributed by atoms with Crippen molar-refractivity contribution >= 4 is 33.1 Å². The standard InChI is InChI=1S/C25H32N4O4S2/c1-4-5-14-25(2,3)21-13-12-18(34-21)16-20(29-35(32,33)23-11-6-7-15-26-23)19-9-8-10-22(28-19)27-17-24(30)31/h6-13,15,20,29H,4-5,14,16-17H2,1-3H3,(H,27,28)(H,30,31). The Bertz CT molecular complexity index is 1230. The van der Waals surface area contributed by atoms with Gasteiger partial charge in [-0.25, -0.2) is 23.1 Å². The summed E-state index contributed by atoms with van der Waals surface area (Å²) in [6.07, 6.45) is 5.19. The van der Waals surface area contributed by atoms with Crippen LogP contribution in [-0.2, 0) is 26.7 Å². The van der Waals surface area contributed by atoms with E-state index in [9.17, 15) is 13.2 Å². The van der Waals surface area contributed by atoms with E-state index in [1.807, 2.05) is 6.07 Å². The largest absolute Gasteiger partial charge is 0.480 e. The van der Waals surface area contributed by atoms with Crippen molar-refractivity contribution in [3.05, 3.63) is 70.2 Å². The van der Waals surface area contributed by atoms with E-state index in [2.05, 4.69) is 46.8 Å². The lowest BCUT2D eigenvalue weighted by atomic mass is 9.86. The Kier molecular flexibility index (Phi) is 8.98. The number of hydrogen-bond donors (Lipinski definition) is 3. The molecule has 0 bridgehead atoms. The van der Waals surface area contributed by atoms with E-state index in [1.54, 1.807) is 41.7 Å². The van der Waals surface area contributed by atoms with Gasteiger partial charge < -0.3 is 10.4 Å². The monoisotopic (exact) mass is 516 g/mol. The van der Waals surface area contributed by atoms with E-state index in [0.29, 0.717) is 17.9 Å². The fourth-order valence-electron chi connectivity index (χ4n) is 3.66. The van der Waals surface area contributed by atoms with Gasteiger partial charge in [0.15, 0.2) is 5.03 Å². The number of rotatable bonds is 13. The fourth-order valence-corrected chi connectivity index (χ4v) is 6.00. The van der Waals surface area contributed by atoms with Gasteiger partial charge in [-0.15, -0.1) is 11.3 Å². The topological polar surface area (TPSA) is 121 Å². The van der Waals surface area contributed by atoms with E-state index in [4.69, 9.17) is 5.11 Å². The second-order valence-corrected chi connectivity index (χ2v) is 11.8. The minimum atomic E-state index is -3.91. The summed E-state index contributed by atoms with van der Waals surface area (Å²) in [4.78, 5) is 21.7. The molecule has 0 radical (unpaired) electrons. The van der Waals surface area contributed by atoms with Crippen molar-refractivity contribution in [2.75, 3.05) is 11.9 Å². The molecule has 35 heavy (non-hydrogen) atoms. The van der Waals surface area contributed by atoms with E-state index in [0.717, 1.165) is 24.1 Å². The number of aromatic nitrogens is 2. The van der Waals surface area contributed by atoms with Crippen LogP contribution in [-0.4, -0.2) is 36.0 Å². The molecule has 0 amide bonds. The predicted molar refractivity (Wildman–Crippen MR) is 138 cm³/mol. The summed E-state index contributed by atoms with van der Waals surface area (Å²) in [5.41, 5.74) is 0.529. The van der Waals surface area contributed by atoms with E-state index in [1.165, 1.54) is 17.1 Å². The number of pyridine rings is 2. The van der Waals surface area contributed by atoms with Crippen LogP contribution in [0.5, 0.6) is 0 Å². The molecule has 10 heteroatoms.